The second kappa shape index (κ2) is 22.8. The molecular formula is C43H25Cl7O8. The predicted octanol–water partition coefficient (Wildman–Crippen LogP) is 12.4. The van der Waals surface area contributed by atoms with Gasteiger partial charge in [0.1, 0.15) is 0 Å². The standard InChI is InChI=1S/C14H8Cl2O2.C13H9ClO2.2C8H4Cl2O2/c15-13(17)11-5-1-9(2-6-11)10-3-7-12(8-4-10)14(16)18;1-8(15)9-2-3-11-7-12(13(14)16)5-4-10(11)6-9;9-7(11)5-1-2-6(4-3-5)8(10)12;9-7(11)5-2-1-3-6(4-5)8(10)12/h1-8H;2-7H,1H3;2*1-4H. The minimum absolute atomic E-state index is 0.0272. The third kappa shape index (κ3) is 14.7. The van der Waals surface area contributed by atoms with Crippen LogP contribution in [0.1, 0.15) is 89.8 Å². The molecule has 0 N–H and O–H groups in total. The Morgan fingerprint density at radius 2 is 0.534 bits per heavy atom. The zero-order valence-electron chi connectivity index (χ0n) is 29.6. The van der Waals surface area contributed by atoms with E-state index in [0.717, 1.165) is 21.9 Å². The second-order valence-corrected chi connectivity index (χ2v) is 14.0. The Kier molecular flexibility index (Phi) is 18.6. The Morgan fingerprint density at radius 1 is 0.293 bits per heavy atom. The molecule has 6 aromatic carbocycles. The number of fused-ring (bicyclic) bond motifs is 1. The fraction of sp³-hybridized carbons (Fsp3) is 0.0233. The molecule has 0 bridgehead atoms. The van der Waals surface area contributed by atoms with Crippen molar-refractivity contribution in [3.8, 4) is 11.1 Å². The van der Waals surface area contributed by atoms with E-state index in [-0.39, 0.29) is 16.9 Å². The quantitative estimate of drug-likeness (QED) is 0.103. The van der Waals surface area contributed by atoms with Crippen molar-refractivity contribution in [3.05, 3.63) is 178 Å². The van der Waals surface area contributed by atoms with Crippen molar-refractivity contribution in [1.82, 2.24) is 0 Å². The molecule has 6 aromatic rings. The zero-order chi connectivity index (χ0) is 43.1. The van der Waals surface area contributed by atoms with Crippen LogP contribution in [-0.4, -0.2) is 42.5 Å². The Morgan fingerprint density at radius 3 is 0.828 bits per heavy atom. The van der Waals surface area contributed by atoms with Crippen molar-refractivity contribution in [2.45, 2.75) is 6.92 Å². The van der Waals surface area contributed by atoms with Gasteiger partial charge in [0, 0.05) is 44.5 Å². The molecule has 294 valence electrons. The van der Waals surface area contributed by atoms with E-state index in [0.29, 0.717) is 33.4 Å². The van der Waals surface area contributed by atoms with Crippen LogP contribution < -0.4 is 0 Å². The van der Waals surface area contributed by atoms with Gasteiger partial charge in [0.2, 0.25) is 0 Å². The first kappa shape index (κ1) is 47.3. The van der Waals surface area contributed by atoms with Gasteiger partial charge in [0.05, 0.1) is 0 Å². The van der Waals surface area contributed by atoms with Gasteiger partial charge in [-0.05, 0) is 183 Å². The van der Waals surface area contributed by atoms with Crippen molar-refractivity contribution in [2.24, 2.45) is 0 Å². The van der Waals surface area contributed by atoms with E-state index in [4.69, 9.17) is 81.2 Å². The van der Waals surface area contributed by atoms with Crippen molar-refractivity contribution in [2.75, 3.05) is 0 Å². The van der Waals surface area contributed by atoms with Gasteiger partial charge in [-0.15, -0.1) is 0 Å². The Labute approximate surface area is 366 Å². The van der Waals surface area contributed by atoms with Crippen LogP contribution in [0.15, 0.2) is 133 Å². The molecular weight excluding hydrogens is 893 g/mol. The summed E-state index contributed by atoms with van der Waals surface area (Å²) in [5.74, 6) is 0.0272. The minimum Gasteiger partial charge on any atom is -0.295 e. The van der Waals surface area contributed by atoms with E-state index >= 15 is 0 Å². The third-order valence-electron chi connectivity index (χ3n) is 7.69. The number of halogens is 7. The summed E-state index contributed by atoms with van der Waals surface area (Å²) in [6.45, 7) is 1.53. The molecule has 6 rings (SSSR count). The highest BCUT2D eigenvalue weighted by atomic mass is 35.5. The lowest BCUT2D eigenvalue weighted by Gasteiger charge is -2.03. The number of rotatable bonds is 9. The summed E-state index contributed by atoms with van der Waals surface area (Å²) >= 11 is 36.9. The maximum atomic E-state index is 11.2. The number of Topliss-reactive ketones (excluding diaryl/α,β-unsaturated/α-hetero) is 1. The summed E-state index contributed by atoms with van der Waals surface area (Å²) in [5.41, 5.74) is 5.13. The molecule has 0 saturated carbocycles. The van der Waals surface area contributed by atoms with Crippen LogP contribution in [-0.2, 0) is 0 Å². The summed E-state index contributed by atoms with van der Waals surface area (Å²) in [6.07, 6.45) is 0. The highest BCUT2D eigenvalue weighted by Crippen LogP contribution is 2.22. The van der Waals surface area contributed by atoms with Gasteiger partial charge >= 0.3 is 0 Å². The van der Waals surface area contributed by atoms with E-state index < -0.39 is 36.7 Å². The Hall–Kier alpha value is -5.03. The smallest absolute Gasteiger partial charge is 0.252 e. The highest BCUT2D eigenvalue weighted by Gasteiger charge is 2.08. The molecule has 0 atom stereocenters. The summed E-state index contributed by atoms with van der Waals surface area (Å²) < 4.78 is 0. The largest absolute Gasteiger partial charge is 0.295 e. The van der Waals surface area contributed by atoms with E-state index in [1.54, 1.807) is 84.9 Å². The zero-order valence-corrected chi connectivity index (χ0v) is 34.9. The lowest BCUT2D eigenvalue weighted by Crippen LogP contribution is -1.93. The molecule has 0 aromatic heterocycles. The summed E-state index contributed by atoms with van der Waals surface area (Å²) in [6, 6.07) is 36.1. The maximum Gasteiger partial charge on any atom is 0.252 e. The van der Waals surface area contributed by atoms with Crippen LogP contribution in [0.25, 0.3) is 21.9 Å². The molecule has 0 heterocycles. The van der Waals surface area contributed by atoms with Crippen molar-refractivity contribution < 1.29 is 38.4 Å². The molecule has 0 aliphatic heterocycles. The normalized spacial score (nSPS) is 9.93. The third-order valence-corrected chi connectivity index (χ3v) is 9.21. The first-order valence-corrected chi connectivity index (χ1v) is 18.9. The topological polar surface area (TPSA) is 137 Å². The van der Waals surface area contributed by atoms with E-state index in [1.165, 1.54) is 49.4 Å². The van der Waals surface area contributed by atoms with Crippen LogP contribution in [0.5, 0.6) is 0 Å². The molecule has 8 nitrogen and oxygen atoms in total. The van der Waals surface area contributed by atoms with Gasteiger partial charge in [-0.1, -0.05) is 60.7 Å². The van der Waals surface area contributed by atoms with Gasteiger partial charge in [-0.3, -0.25) is 38.4 Å². The number of carbonyl (C=O) groups excluding carboxylic acids is 8. The first-order valence-electron chi connectivity index (χ1n) is 16.2. The van der Waals surface area contributed by atoms with Gasteiger partial charge in [-0.2, -0.15) is 0 Å². The number of carbonyl (C=O) groups is 8. The summed E-state index contributed by atoms with van der Waals surface area (Å²) in [4.78, 5) is 86.4. The van der Waals surface area contributed by atoms with Crippen molar-refractivity contribution in [1.29, 1.82) is 0 Å². The average Bonchev–Trinajstić information content (AvgIpc) is 3.21. The van der Waals surface area contributed by atoms with Gasteiger partial charge in [0.25, 0.3) is 36.7 Å². The molecule has 0 spiro atoms. The van der Waals surface area contributed by atoms with E-state index in [1.807, 2.05) is 6.07 Å². The number of hydrogen-bond donors (Lipinski definition) is 0. The minimum atomic E-state index is -0.602. The highest BCUT2D eigenvalue weighted by molar-refractivity contribution is 6.70. The lowest BCUT2D eigenvalue weighted by atomic mass is 10.0. The molecule has 58 heavy (non-hydrogen) atoms. The van der Waals surface area contributed by atoms with Gasteiger partial charge < -0.3 is 0 Å². The van der Waals surface area contributed by atoms with Gasteiger partial charge in [0.15, 0.2) is 5.78 Å². The molecule has 0 saturated heterocycles. The fourth-order valence-electron chi connectivity index (χ4n) is 4.67. The maximum absolute atomic E-state index is 11.2. The molecule has 0 unspecified atom stereocenters. The molecule has 0 radical (unpaired) electrons. The SMILES string of the molecule is CC(=O)c1ccc2cc(C(=O)Cl)ccc2c1.O=C(Cl)c1ccc(-c2ccc(C(=O)Cl)cc2)cc1.O=C(Cl)c1ccc(C(=O)Cl)cc1.O=C(Cl)c1cccc(C(=O)Cl)c1. The second-order valence-electron chi connectivity index (χ2n) is 11.6. The number of ketones is 1. The fourth-order valence-corrected chi connectivity index (χ4v) is 5.53. The van der Waals surface area contributed by atoms with Crippen molar-refractivity contribution in [3.63, 3.8) is 0 Å². The van der Waals surface area contributed by atoms with Gasteiger partial charge in [-0.25, -0.2) is 0 Å². The number of benzene rings is 6. The van der Waals surface area contributed by atoms with E-state index in [2.05, 4.69) is 0 Å². The van der Waals surface area contributed by atoms with Crippen LogP contribution in [0.3, 0.4) is 0 Å². The molecule has 0 aliphatic rings. The lowest BCUT2D eigenvalue weighted by molar-refractivity contribution is 0.101. The van der Waals surface area contributed by atoms with Crippen LogP contribution in [0, 0.1) is 0 Å². The molecule has 15 heteroatoms. The first-order chi connectivity index (χ1) is 27.4. The summed E-state index contributed by atoms with van der Waals surface area (Å²) in [5, 5.41) is -1.92. The predicted molar refractivity (Wildman–Crippen MR) is 230 cm³/mol. The molecule has 0 fully saturated rings. The average molecular weight is 918 g/mol. The summed E-state index contributed by atoms with van der Waals surface area (Å²) in [7, 11) is 0. The monoisotopic (exact) mass is 914 g/mol. The van der Waals surface area contributed by atoms with Crippen LogP contribution in [0.2, 0.25) is 0 Å². The Balaban J connectivity index is 0.000000210. The van der Waals surface area contributed by atoms with Crippen molar-refractivity contribution >= 4 is 134 Å². The van der Waals surface area contributed by atoms with Crippen LogP contribution in [0.4, 0.5) is 0 Å². The number of hydrogen-bond acceptors (Lipinski definition) is 8. The molecule has 0 amide bonds. The molecule has 0 aliphatic carbocycles. The van der Waals surface area contributed by atoms with Crippen LogP contribution >= 0.6 is 81.2 Å². The Bertz CT molecular complexity index is 2350. The van der Waals surface area contributed by atoms with E-state index in [9.17, 15) is 38.4 Å².